The largest absolute Gasteiger partial charge is 0.368 e. The lowest BCUT2D eigenvalue weighted by atomic mass is 10.1. The average molecular weight is 507 g/mol. The number of benzene rings is 2. The Morgan fingerprint density at radius 3 is 2.71 bits per heavy atom. The van der Waals surface area contributed by atoms with Crippen LogP contribution in [0, 0.1) is 17.2 Å². The summed E-state index contributed by atoms with van der Waals surface area (Å²) < 4.78 is 1.96. The number of carbonyl (C=O) groups is 1. The van der Waals surface area contributed by atoms with Crippen LogP contribution in [0.1, 0.15) is 32.2 Å². The monoisotopic (exact) mass is 506 g/mol. The Morgan fingerprint density at radius 1 is 1.13 bits per heavy atom. The number of nitriles is 1. The van der Waals surface area contributed by atoms with Gasteiger partial charge in [-0.05, 0) is 37.0 Å². The van der Waals surface area contributed by atoms with E-state index in [0.717, 1.165) is 72.4 Å². The molecule has 0 spiro atoms. The molecule has 1 unspecified atom stereocenters. The molecule has 38 heavy (non-hydrogen) atoms. The molecule has 3 heterocycles. The number of nitrogens with one attached hydrogen (secondary N) is 1. The van der Waals surface area contributed by atoms with Gasteiger partial charge in [0, 0.05) is 73.4 Å². The summed E-state index contributed by atoms with van der Waals surface area (Å²) in [6.07, 6.45) is 8.54. The number of amides is 1. The van der Waals surface area contributed by atoms with Crippen LogP contribution in [-0.4, -0.2) is 56.7 Å². The van der Waals surface area contributed by atoms with Crippen molar-refractivity contribution in [3.05, 3.63) is 61.1 Å². The van der Waals surface area contributed by atoms with Crippen LogP contribution in [-0.2, 0) is 4.79 Å². The zero-order valence-electron chi connectivity index (χ0n) is 21.4. The van der Waals surface area contributed by atoms with Gasteiger partial charge < -0.3 is 15.1 Å². The zero-order valence-corrected chi connectivity index (χ0v) is 21.4. The van der Waals surface area contributed by atoms with E-state index in [9.17, 15) is 10.1 Å². The van der Waals surface area contributed by atoms with Crippen molar-refractivity contribution in [2.45, 2.75) is 32.2 Å². The van der Waals surface area contributed by atoms with Crippen molar-refractivity contribution in [3.8, 4) is 17.2 Å². The van der Waals surface area contributed by atoms with Crippen molar-refractivity contribution >= 4 is 34.1 Å². The summed E-state index contributed by atoms with van der Waals surface area (Å²) in [7, 11) is 0. The first-order chi connectivity index (χ1) is 18.6. The third-order valence-corrected chi connectivity index (χ3v) is 7.52. The molecule has 1 N–H and O–H groups in total. The van der Waals surface area contributed by atoms with Gasteiger partial charge in [0.2, 0.25) is 11.9 Å². The van der Waals surface area contributed by atoms with Crippen LogP contribution in [0.3, 0.4) is 0 Å². The summed E-state index contributed by atoms with van der Waals surface area (Å²) >= 11 is 0. The number of hydrogen-bond donors (Lipinski definition) is 1. The standard InChI is InChI=1S/C29H30N8O/c1-20(38)35-12-14-36(15-13-35)25-6-3-5-24(16-25)33-29-31-17-22-4-2-7-26(28(22)34-29)23-18-32-37(19-23)27(10-11-30)21-8-9-21/h2-7,16-19,21,27H,8-10,12-15H2,1H3,(H,31,33,34). The Labute approximate surface area is 221 Å². The topological polar surface area (TPSA) is 103 Å². The van der Waals surface area contributed by atoms with E-state index in [0.29, 0.717) is 18.3 Å². The minimum absolute atomic E-state index is 0.130. The van der Waals surface area contributed by atoms with Gasteiger partial charge in [0.05, 0.1) is 30.2 Å². The van der Waals surface area contributed by atoms with E-state index in [-0.39, 0.29) is 11.9 Å². The van der Waals surface area contributed by atoms with Crippen LogP contribution in [0.2, 0.25) is 0 Å². The highest BCUT2D eigenvalue weighted by atomic mass is 16.2. The lowest BCUT2D eigenvalue weighted by Gasteiger charge is -2.35. The number of piperazine rings is 1. The number of rotatable bonds is 7. The SMILES string of the molecule is CC(=O)N1CCN(c2cccc(Nc3ncc4cccc(-c5cnn(C(CC#N)C6CC6)c5)c4n3)c2)CC1. The minimum Gasteiger partial charge on any atom is -0.368 e. The van der Waals surface area contributed by atoms with Crippen LogP contribution in [0.4, 0.5) is 17.3 Å². The number of hydrogen-bond acceptors (Lipinski definition) is 7. The molecule has 2 fully saturated rings. The first-order valence-corrected chi connectivity index (χ1v) is 13.1. The van der Waals surface area contributed by atoms with Crippen LogP contribution < -0.4 is 10.2 Å². The summed E-state index contributed by atoms with van der Waals surface area (Å²) in [6.45, 7) is 4.71. The molecular formula is C29H30N8O. The molecule has 1 aliphatic heterocycles. The molecule has 2 aliphatic rings. The molecule has 9 heteroatoms. The van der Waals surface area contributed by atoms with Crippen molar-refractivity contribution in [2.75, 3.05) is 36.4 Å². The highest BCUT2D eigenvalue weighted by Crippen LogP contribution is 2.41. The van der Waals surface area contributed by atoms with E-state index in [1.807, 2.05) is 52.4 Å². The highest BCUT2D eigenvalue weighted by Gasteiger charge is 2.33. The van der Waals surface area contributed by atoms with Gasteiger partial charge in [-0.2, -0.15) is 10.4 Å². The number of aromatic nitrogens is 4. The summed E-state index contributed by atoms with van der Waals surface area (Å²) in [5.74, 6) is 1.20. The van der Waals surface area contributed by atoms with Gasteiger partial charge in [0.1, 0.15) is 0 Å². The number of fused-ring (bicyclic) bond motifs is 1. The molecule has 9 nitrogen and oxygen atoms in total. The van der Waals surface area contributed by atoms with Gasteiger partial charge in [-0.15, -0.1) is 0 Å². The van der Waals surface area contributed by atoms with Gasteiger partial charge in [-0.25, -0.2) is 9.97 Å². The maximum atomic E-state index is 11.7. The summed E-state index contributed by atoms with van der Waals surface area (Å²) in [5, 5.41) is 18.2. The Morgan fingerprint density at radius 2 is 1.95 bits per heavy atom. The predicted octanol–water partition coefficient (Wildman–Crippen LogP) is 4.77. The fourth-order valence-electron chi connectivity index (χ4n) is 5.25. The lowest BCUT2D eigenvalue weighted by molar-refractivity contribution is -0.129. The Hall–Kier alpha value is -4.45. The number of para-hydroxylation sites is 1. The van der Waals surface area contributed by atoms with Crippen LogP contribution >= 0.6 is 0 Å². The Bertz CT molecular complexity index is 1510. The van der Waals surface area contributed by atoms with E-state index in [1.165, 1.54) is 0 Å². The van der Waals surface area contributed by atoms with E-state index >= 15 is 0 Å². The van der Waals surface area contributed by atoms with Crippen molar-refractivity contribution < 1.29 is 4.79 Å². The van der Waals surface area contributed by atoms with Crippen LogP contribution in [0.5, 0.6) is 0 Å². The van der Waals surface area contributed by atoms with Gasteiger partial charge in [0.15, 0.2) is 0 Å². The number of carbonyl (C=O) groups excluding carboxylic acids is 1. The molecule has 1 atom stereocenters. The molecule has 0 bridgehead atoms. The smallest absolute Gasteiger partial charge is 0.227 e. The molecule has 1 saturated carbocycles. The minimum atomic E-state index is 0.130. The normalized spacial score (nSPS) is 16.3. The maximum Gasteiger partial charge on any atom is 0.227 e. The summed E-state index contributed by atoms with van der Waals surface area (Å²) in [4.78, 5) is 25.3. The van der Waals surface area contributed by atoms with Crippen molar-refractivity contribution in [2.24, 2.45) is 5.92 Å². The second-order valence-electron chi connectivity index (χ2n) is 10.1. The van der Waals surface area contributed by atoms with Gasteiger partial charge in [-0.3, -0.25) is 9.48 Å². The second kappa shape index (κ2) is 10.1. The molecule has 1 amide bonds. The van der Waals surface area contributed by atoms with Gasteiger partial charge in [-0.1, -0.05) is 24.3 Å². The Balaban J connectivity index is 1.24. The molecule has 0 radical (unpaired) electrons. The average Bonchev–Trinajstić information content (AvgIpc) is 3.67. The highest BCUT2D eigenvalue weighted by molar-refractivity contribution is 5.93. The fraction of sp³-hybridized carbons (Fsp3) is 0.345. The van der Waals surface area contributed by atoms with Crippen molar-refractivity contribution in [1.29, 1.82) is 5.26 Å². The van der Waals surface area contributed by atoms with E-state index < -0.39 is 0 Å². The second-order valence-corrected chi connectivity index (χ2v) is 10.1. The first kappa shape index (κ1) is 23.9. The Kier molecular flexibility index (Phi) is 6.38. The summed E-state index contributed by atoms with van der Waals surface area (Å²) in [6, 6.07) is 16.7. The predicted molar refractivity (Wildman–Crippen MR) is 147 cm³/mol. The molecular weight excluding hydrogens is 476 g/mol. The maximum absolute atomic E-state index is 11.7. The molecule has 2 aromatic carbocycles. The van der Waals surface area contributed by atoms with E-state index in [4.69, 9.17) is 4.98 Å². The van der Waals surface area contributed by atoms with Gasteiger partial charge >= 0.3 is 0 Å². The quantitative estimate of drug-likeness (QED) is 0.385. The number of anilines is 3. The zero-order chi connectivity index (χ0) is 26.1. The van der Waals surface area contributed by atoms with E-state index in [2.05, 4.69) is 44.6 Å². The molecule has 6 rings (SSSR count). The van der Waals surface area contributed by atoms with Crippen LogP contribution in [0.15, 0.2) is 61.1 Å². The van der Waals surface area contributed by atoms with Crippen molar-refractivity contribution in [3.63, 3.8) is 0 Å². The molecule has 1 aliphatic carbocycles. The molecule has 4 aromatic rings. The van der Waals surface area contributed by atoms with Gasteiger partial charge in [0.25, 0.3) is 0 Å². The third-order valence-electron chi connectivity index (χ3n) is 7.52. The fourth-order valence-corrected chi connectivity index (χ4v) is 5.25. The van der Waals surface area contributed by atoms with E-state index in [1.54, 1.807) is 6.92 Å². The summed E-state index contributed by atoms with van der Waals surface area (Å²) in [5.41, 5.74) is 4.84. The number of nitrogens with zero attached hydrogens (tertiary/aromatic N) is 7. The lowest BCUT2D eigenvalue weighted by Crippen LogP contribution is -2.48. The first-order valence-electron chi connectivity index (χ1n) is 13.1. The van der Waals surface area contributed by atoms with Crippen LogP contribution in [0.25, 0.3) is 22.0 Å². The molecule has 192 valence electrons. The third kappa shape index (κ3) is 4.90. The molecule has 1 saturated heterocycles. The molecule has 2 aromatic heterocycles. The van der Waals surface area contributed by atoms with Crippen molar-refractivity contribution in [1.82, 2.24) is 24.6 Å².